The second-order valence-electron chi connectivity index (χ2n) is 6.60. The fourth-order valence-corrected chi connectivity index (χ4v) is 3.87. The zero-order valence-corrected chi connectivity index (χ0v) is 14.1. The lowest BCUT2D eigenvalue weighted by atomic mass is 9.89. The monoisotopic (exact) mass is 358 g/mol. The third-order valence-electron chi connectivity index (χ3n) is 5.03. The molecule has 2 atom stereocenters. The first-order valence-electron chi connectivity index (χ1n) is 8.30. The van der Waals surface area contributed by atoms with Crippen LogP contribution in [0.1, 0.15) is 17.5 Å². The summed E-state index contributed by atoms with van der Waals surface area (Å²) in [6, 6.07) is 4.08. The molecule has 2 aromatic rings. The van der Waals surface area contributed by atoms with Crippen molar-refractivity contribution >= 4 is 35.3 Å². The second kappa shape index (κ2) is 5.64. The first-order valence-corrected chi connectivity index (χ1v) is 8.68. The summed E-state index contributed by atoms with van der Waals surface area (Å²) in [5.41, 5.74) is 2.14. The summed E-state index contributed by atoms with van der Waals surface area (Å²) in [5.74, 6) is 0.710. The predicted octanol–water partition coefficient (Wildman–Crippen LogP) is 2.50. The third kappa shape index (κ3) is 2.46. The Morgan fingerprint density at radius 3 is 2.92 bits per heavy atom. The van der Waals surface area contributed by atoms with Crippen LogP contribution >= 0.6 is 11.6 Å². The molecule has 3 aliphatic heterocycles. The maximum absolute atomic E-state index is 14.4. The first-order chi connectivity index (χ1) is 12.2. The van der Waals surface area contributed by atoms with Crippen LogP contribution in [0.25, 0.3) is 0 Å². The zero-order valence-electron chi connectivity index (χ0n) is 13.3. The minimum atomic E-state index is -0.342. The van der Waals surface area contributed by atoms with Crippen LogP contribution in [0.3, 0.4) is 0 Å². The highest BCUT2D eigenvalue weighted by atomic mass is 35.5. The number of fused-ring (bicyclic) bond motifs is 3. The highest BCUT2D eigenvalue weighted by Crippen LogP contribution is 2.34. The normalized spacial score (nSPS) is 23.4. The Labute approximate surface area is 149 Å². The average molecular weight is 359 g/mol. The van der Waals surface area contributed by atoms with Gasteiger partial charge in [0.25, 0.3) is 0 Å². The standard InChI is InChI=1S/C17H16ClFN6/c18-13-8-22-17(25-11-3-12(25)7-21-6-11)24-16(13)23-15-2-10-5-20-4-9(10)1-14(15)19/h1-2,5,8,11-12,21H,3-4,6-7H2,(H,22,23,24). The summed E-state index contributed by atoms with van der Waals surface area (Å²) >= 11 is 6.24. The summed E-state index contributed by atoms with van der Waals surface area (Å²) < 4.78 is 14.4. The van der Waals surface area contributed by atoms with Gasteiger partial charge in [-0.25, -0.2) is 9.37 Å². The summed E-state index contributed by atoms with van der Waals surface area (Å²) in [6.07, 6.45) is 4.47. The molecule has 4 heterocycles. The van der Waals surface area contributed by atoms with E-state index in [4.69, 9.17) is 11.6 Å². The van der Waals surface area contributed by atoms with Gasteiger partial charge in [0.1, 0.15) is 10.8 Å². The molecule has 8 heteroatoms. The molecule has 0 amide bonds. The van der Waals surface area contributed by atoms with Crippen LogP contribution in [0.4, 0.5) is 21.8 Å². The predicted molar refractivity (Wildman–Crippen MR) is 95.6 cm³/mol. The number of piperidine rings is 1. The van der Waals surface area contributed by atoms with Gasteiger partial charge in [0.05, 0.1) is 18.4 Å². The maximum atomic E-state index is 14.4. The van der Waals surface area contributed by atoms with E-state index < -0.39 is 0 Å². The average Bonchev–Trinajstić information content (AvgIpc) is 3.05. The lowest BCUT2D eigenvalue weighted by Gasteiger charge is -2.53. The fourth-order valence-electron chi connectivity index (χ4n) is 3.73. The van der Waals surface area contributed by atoms with Gasteiger partial charge in [0.15, 0.2) is 5.82 Å². The summed E-state index contributed by atoms with van der Waals surface area (Å²) in [5, 5.41) is 6.76. The van der Waals surface area contributed by atoms with E-state index in [1.165, 1.54) is 6.07 Å². The molecule has 6 nitrogen and oxygen atoms in total. The van der Waals surface area contributed by atoms with Gasteiger partial charge in [-0.1, -0.05) is 11.6 Å². The Bertz CT molecular complexity index is 872. The molecule has 0 aliphatic carbocycles. The maximum Gasteiger partial charge on any atom is 0.227 e. The van der Waals surface area contributed by atoms with E-state index in [2.05, 4.69) is 30.5 Å². The Morgan fingerprint density at radius 1 is 1.28 bits per heavy atom. The van der Waals surface area contributed by atoms with Gasteiger partial charge >= 0.3 is 0 Å². The van der Waals surface area contributed by atoms with Gasteiger partial charge in [-0.3, -0.25) is 4.99 Å². The van der Waals surface area contributed by atoms with E-state index in [1.54, 1.807) is 18.5 Å². The Morgan fingerprint density at radius 2 is 2.12 bits per heavy atom. The lowest BCUT2D eigenvalue weighted by molar-refractivity contribution is 0.258. The number of hydrogen-bond donors (Lipinski definition) is 2. The van der Waals surface area contributed by atoms with Crippen LogP contribution < -0.4 is 15.5 Å². The van der Waals surface area contributed by atoms with Gasteiger partial charge in [-0.15, -0.1) is 0 Å². The number of nitrogens with zero attached hydrogens (tertiary/aromatic N) is 4. The largest absolute Gasteiger partial charge is 0.336 e. The molecule has 0 spiro atoms. The number of nitrogens with one attached hydrogen (secondary N) is 2. The molecule has 0 radical (unpaired) electrons. The smallest absolute Gasteiger partial charge is 0.227 e. The molecule has 2 unspecified atom stereocenters. The van der Waals surface area contributed by atoms with Gasteiger partial charge < -0.3 is 15.5 Å². The molecule has 1 aromatic heterocycles. The molecule has 2 fully saturated rings. The van der Waals surface area contributed by atoms with Crippen molar-refractivity contribution < 1.29 is 4.39 Å². The Kier molecular flexibility index (Phi) is 3.39. The lowest BCUT2D eigenvalue weighted by Crippen LogP contribution is -2.68. The molecule has 128 valence electrons. The molecule has 0 saturated carbocycles. The molecular weight excluding hydrogens is 343 g/mol. The number of piperazine rings is 1. The summed E-state index contributed by atoms with van der Waals surface area (Å²) in [7, 11) is 0. The summed E-state index contributed by atoms with van der Waals surface area (Å²) in [4.78, 5) is 15.3. The van der Waals surface area contributed by atoms with Gasteiger partial charge in [0.2, 0.25) is 5.95 Å². The van der Waals surface area contributed by atoms with Crippen molar-refractivity contribution in [3.8, 4) is 0 Å². The minimum Gasteiger partial charge on any atom is -0.336 e. The van der Waals surface area contributed by atoms with E-state index in [1.807, 2.05) is 0 Å². The zero-order chi connectivity index (χ0) is 17.0. The Hall–Kier alpha value is -2.25. The van der Waals surface area contributed by atoms with E-state index in [0.717, 1.165) is 30.6 Å². The topological polar surface area (TPSA) is 65.4 Å². The number of rotatable bonds is 3. The van der Waals surface area contributed by atoms with Crippen LogP contribution in [0, 0.1) is 5.82 Å². The highest BCUT2D eigenvalue weighted by Gasteiger charge is 2.42. The minimum absolute atomic E-state index is 0.337. The molecule has 2 saturated heterocycles. The highest BCUT2D eigenvalue weighted by molar-refractivity contribution is 6.32. The second-order valence-corrected chi connectivity index (χ2v) is 7.01. The molecular formula is C17H16ClFN6. The number of hydrogen-bond acceptors (Lipinski definition) is 6. The van der Waals surface area contributed by atoms with Crippen molar-refractivity contribution in [3.63, 3.8) is 0 Å². The molecule has 2 N–H and O–H groups in total. The van der Waals surface area contributed by atoms with Crippen LogP contribution in [0.15, 0.2) is 23.3 Å². The number of halogens is 2. The third-order valence-corrected chi connectivity index (χ3v) is 5.30. The van der Waals surface area contributed by atoms with E-state index in [0.29, 0.717) is 41.1 Å². The van der Waals surface area contributed by atoms with Crippen molar-refractivity contribution in [1.82, 2.24) is 15.3 Å². The quantitative estimate of drug-likeness (QED) is 0.882. The van der Waals surface area contributed by atoms with Crippen molar-refractivity contribution in [2.24, 2.45) is 4.99 Å². The first kappa shape index (κ1) is 15.0. The summed E-state index contributed by atoms with van der Waals surface area (Å²) in [6.45, 7) is 2.39. The molecule has 5 rings (SSSR count). The molecule has 2 bridgehead atoms. The number of anilines is 3. The van der Waals surface area contributed by atoms with E-state index in [-0.39, 0.29) is 5.82 Å². The van der Waals surface area contributed by atoms with Crippen LogP contribution in [-0.4, -0.2) is 41.4 Å². The molecule has 25 heavy (non-hydrogen) atoms. The number of aliphatic imine (C=N–C) groups is 1. The number of benzene rings is 1. The Balaban J connectivity index is 1.46. The van der Waals surface area contributed by atoms with Gasteiger partial charge in [0, 0.05) is 31.4 Å². The van der Waals surface area contributed by atoms with Gasteiger partial charge in [-0.2, -0.15) is 4.98 Å². The molecule has 3 aliphatic rings. The van der Waals surface area contributed by atoms with Crippen LogP contribution in [0.5, 0.6) is 0 Å². The van der Waals surface area contributed by atoms with Crippen molar-refractivity contribution in [1.29, 1.82) is 0 Å². The van der Waals surface area contributed by atoms with Crippen LogP contribution in [0.2, 0.25) is 5.02 Å². The van der Waals surface area contributed by atoms with Gasteiger partial charge in [-0.05, 0) is 29.7 Å². The molecule has 1 aromatic carbocycles. The SMILES string of the molecule is Fc1cc2c(cc1Nc1nc(N3C4CNCC3C4)ncc1Cl)C=NC2. The van der Waals surface area contributed by atoms with Crippen molar-refractivity contribution in [2.45, 2.75) is 25.0 Å². The van der Waals surface area contributed by atoms with Crippen LogP contribution in [-0.2, 0) is 6.54 Å². The fraction of sp³-hybridized carbons (Fsp3) is 0.353. The van der Waals surface area contributed by atoms with E-state index in [9.17, 15) is 4.39 Å². The van der Waals surface area contributed by atoms with Crippen molar-refractivity contribution in [3.05, 3.63) is 40.3 Å². The number of aromatic nitrogens is 2. The van der Waals surface area contributed by atoms with Crippen molar-refractivity contribution in [2.75, 3.05) is 23.3 Å². The van der Waals surface area contributed by atoms with E-state index >= 15 is 0 Å².